The lowest BCUT2D eigenvalue weighted by molar-refractivity contribution is -0.384. The van der Waals surface area contributed by atoms with Crippen molar-refractivity contribution in [1.29, 1.82) is 0 Å². The number of hydrogen-bond donors (Lipinski definition) is 3. The third kappa shape index (κ3) is 5.14. The number of phenols is 1. The Hall–Kier alpha value is -4.64. The van der Waals surface area contributed by atoms with Crippen molar-refractivity contribution in [3.8, 4) is 11.5 Å². The van der Waals surface area contributed by atoms with E-state index in [0.717, 1.165) is 16.8 Å². The number of phenolic OH excluding ortho intramolecular Hbond substituents is 1. The lowest BCUT2D eigenvalue weighted by Gasteiger charge is -2.10. The lowest BCUT2D eigenvalue weighted by atomic mass is 10.0. The fourth-order valence-electron chi connectivity index (χ4n) is 3.38. The Balaban J connectivity index is 1.59. The molecule has 0 heterocycles. The van der Waals surface area contributed by atoms with E-state index >= 15 is 0 Å². The van der Waals surface area contributed by atoms with Crippen molar-refractivity contribution in [3.05, 3.63) is 94.5 Å². The predicted molar refractivity (Wildman–Crippen MR) is 134 cm³/mol. The van der Waals surface area contributed by atoms with Crippen LogP contribution in [0.2, 0.25) is 0 Å². The number of methoxy groups -OCH3 is 1. The molecule has 0 aliphatic carbocycles. The molecular weight excluding hydrogens is 472 g/mol. The van der Waals surface area contributed by atoms with Gasteiger partial charge < -0.3 is 9.84 Å². The summed E-state index contributed by atoms with van der Waals surface area (Å²) in [5, 5.41) is 27.5. The van der Waals surface area contributed by atoms with Crippen LogP contribution in [-0.4, -0.2) is 31.8 Å². The SMILES string of the molecule is COc1ccc(NS(=O)(=O)c2ccc(N/N=C/c3c(O)ccc4ccccc34)c([N+](=O)[O-])c2)cc1. The number of hydrogen-bond acceptors (Lipinski definition) is 8. The number of aromatic hydroxyl groups is 1. The number of sulfonamides is 1. The van der Waals surface area contributed by atoms with Gasteiger partial charge in [0.15, 0.2) is 0 Å². The second kappa shape index (κ2) is 9.69. The normalized spacial score (nSPS) is 11.5. The van der Waals surface area contributed by atoms with Crippen molar-refractivity contribution >= 4 is 44.1 Å². The zero-order chi connectivity index (χ0) is 25.0. The van der Waals surface area contributed by atoms with Crippen molar-refractivity contribution in [1.82, 2.24) is 0 Å². The second-order valence-electron chi connectivity index (χ2n) is 7.36. The van der Waals surface area contributed by atoms with Gasteiger partial charge in [-0.1, -0.05) is 30.3 Å². The van der Waals surface area contributed by atoms with Gasteiger partial charge in [-0.2, -0.15) is 5.10 Å². The van der Waals surface area contributed by atoms with Crippen LogP contribution in [0.25, 0.3) is 10.8 Å². The highest BCUT2D eigenvalue weighted by Gasteiger charge is 2.21. The fraction of sp³-hybridized carbons (Fsp3) is 0.0417. The Morgan fingerprint density at radius 3 is 2.49 bits per heavy atom. The van der Waals surface area contributed by atoms with Crippen LogP contribution in [-0.2, 0) is 10.0 Å². The summed E-state index contributed by atoms with van der Waals surface area (Å²) in [5.74, 6) is 0.547. The monoisotopic (exact) mass is 492 g/mol. The quantitative estimate of drug-likeness (QED) is 0.184. The average Bonchev–Trinajstić information content (AvgIpc) is 2.85. The van der Waals surface area contributed by atoms with Gasteiger partial charge in [0.1, 0.15) is 17.2 Å². The molecule has 0 aliphatic rings. The number of benzene rings is 4. The summed E-state index contributed by atoms with van der Waals surface area (Å²) in [7, 11) is -2.60. The van der Waals surface area contributed by atoms with Gasteiger partial charge in [-0.05, 0) is 53.2 Å². The van der Waals surface area contributed by atoms with Crippen LogP contribution in [0.3, 0.4) is 0 Å². The Labute approximate surface area is 200 Å². The number of nitro groups is 1. The zero-order valence-electron chi connectivity index (χ0n) is 18.4. The first kappa shape index (κ1) is 23.5. The van der Waals surface area contributed by atoms with E-state index in [0.29, 0.717) is 11.3 Å². The molecule has 10 nitrogen and oxygen atoms in total. The van der Waals surface area contributed by atoms with Gasteiger partial charge >= 0.3 is 0 Å². The maximum absolute atomic E-state index is 12.8. The van der Waals surface area contributed by atoms with Crippen LogP contribution in [0, 0.1) is 10.1 Å². The molecule has 0 aliphatic heterocycles. The minimum atomic E-state index is -4.09. The van der Waals surface area contributed by atoms with Crippen molar-refractivity contribution in [3.63, 3.8) is 0 Å². The number of ether oxygens (including phenoxy) is 1. The molecule has 4 aromatic carbocycles. The van der Waals surface area contributed by atoms with Gasteiger partial charge in [-0.15, -0.1) is 0 Å². The fourth-order valence-corrected chi connectivity index (χ4v) is 4.46. The molecule has 4 aromatic rings. The highest BCUT2D eigenvalue weighted by atomic mass is 32.2. The van der Waals surface area contributed by atoms with E-state index in [1.807, 2.05) is 24.3 Å². The van der Waals surface area contributed by atoms with E-state index in [2.05, 4.69) is 15.2 Å². The predicted octanol–water partition coefficient (Wildman–Crippen LogP) is 4.71. The first-order chi connectivity index (χ1) is 16.8. The van der Waals surface area contributed by atoms with Crippen molar-refractivity contribution in [2.24, 2.45) is 5.10 Å². The topological polar surface area (TPSA) is 143 Å². The minimum absolute atomic E-state index is 0.00482. The molecule has 35 heavy (non-hydrogen) atoms. The van der Waals surface area contributed by atoms with E-state index in [4.69, 9.17) is 4.74 Å². The first-order valence-corrected chi connectivity index (χ1v) is 11.7. The molecule has 0 amide bonds. The van der Waals surface area contributed by atoms with Crippen LogP contribution in [0.4, 0.5) is 17.1 Å². The Morgan fingerprint density at radius 2 is 1.77 bits per heavy atom. The first-order valence-electron chi connectivity index (χ1n) is 10.2. The third-order valence-corrected chi connectivity index (χ3v) is 6.52. The van der Waals surface area contributed by atoms with Crippen molar-refractivity contribution < 1.29 is 23.2 Å². The molecule has 0 radical (unpaired) electrons. The minimum Gasteiger partial charge on any atom is -0.507 e. The molecule has 0 aromatic heterocycles. The number of nitrogens with zero attached hydrogens (tertiary/aromatic N) is 2. The second-order valence-corrected chi connectivity index (χ2v) is 9.04. The third-order valence-electron chi connectivity index (χ3n) is 5.14. The summed E-state index contributed by atoms with van der Waals surface area (Å²) >= 11 is 0. The molecule has 178 valence electrons. The smallest absolute Gasteiger partial charge is 0.295 e. The largest absolute Gasteiger partial charge is 0.507 e. The number of nitrogens with one attached hydrogen (secondary N) is 2. The number of anilines is 2. The number of nitro benzene ring substituents is 1. The summed E-state index contributed by atoms with van der Waals surface area (Å²) in [6, 6.07) is 20.3. The van der Waals surface area contributed by atoms with E-state index in [9.17, 15) is 23.6 Å². The number of fused-ring (bicyclic) bond motifs is 1. The standard InChI is InChI=1S/C24H20N4O6S/c1-34-18-9-7-17(8-10-18)27-35(32,33)19-11-12-22(23(14-19)28(30)31)26-25-15-21-20-5-3-2-4-16(20)6-13-24(21)29/h2-15,26-27,29H,1H3/b25-15+. The summed E-state index contributed by atoms with van der Waals surface area (Å²) in [6.07, 6.45) is 1.34. The van der Waals surface area contributed by atoms with Gasteiger partial charge in [0, 0.05) is 17.3 Å². The van der Waals surface area contributed by atoms with Crippen molar-refractivity contribution in [2.45, 2.75) is 4.90 Å². The lowest BCUT2D eigenvalue weighted by Crippen LogP contribution is -2.13. The van der Waals surface area contributed by atoms with Gasteiger partial charge in [0.2, 0.25) is 0 Å². The number of hydrazone groups is 1. The van der Waals surface area contributed by atoms with Gasteiger partial charge in [-0.3, -0.25) is 20.3 Å². The molecule has 4 rings (SSSR count). The van der Waals surface area contributed by atoms with E-state index in [1.54, 1.807) is 18.2 Å². The van der Waals surface area contributed by atoms with E-state index in [-0.39, 0.29) is 22.0 Å². The molecule has 0 bridgehead atoms. The molecule has 0 saturated heterocycles. The summed E-state index contributed by atoms with van der Waals surface area (Å²) in [6.45, 7) is 0. The molecule has 0 atom stereocenters. The molecule has 0 unspecified atom stereocenters. The van der Waals surface area contributed by atoms with Crippen LogP contribution in [0.5, 0.6) is 11.5 Å². The maximum Gasteiger partial charge on any atom is 0.295 e. The zero-order valence-corrected chi connectivity index (χ0v) is 19.2. The van der Waals surface area contributed by atoms with Crippen molar-refractivity contribution in [2.75, 3.05) is 17.3 Å². The average molecular weight is 493 g/mol. The van der Waals surface area contributed by atoms with Gasteiger partial charge in [-0.25, -0.2) is 8.42 Å². The van der Waals surface area contributed by atoms with Crippen LogP contribution in [0.15, 0.2) is 88.9 Å². The molecule has 0 saturated carbocycles. The van der Waals surface area contributed by atoms with E-state index < -0.39 is 20.6 Å². The van der Waals surface area contributed by atoms with Crippen LogP contribution < -0.4 is 14.9 Å². The molecular formula is C24H20N4O6S. The molecule has 0 spiro atoms. The Morgan fingerprint density at radius 1 is 1.03 bits per heavy atom. The highest BCUT2D eigenvalue weighted by molar-refractivity contribution is 7.92. The van der Waals surface area contributed by atoms with Gasteiger partial charge in [0.25, 0.3) is 15.7 Å². The Bertz CT molecular complexity index is 1540. The highest BCUT2D eigenvalue weighted by Crippen LogP contribution is 2.30. The maximum atomic E-state index is 12.8. The Kier molecular flexibility index (Phi) is 6.51. The van der Waals surface area contributed by atoms with Crippen LogP contribution >= 0.6 is 0 Å². The number of rotatable bonds is 8. The summed E-state index contributed by atoms with van der Waals surface area (Å²) in [5.41, 5.74) is 2.77. The van der Waals surface area contributed by atoms with Gasteiger partial charge in [0.05, 0.1) is 23.1 Å². The summed E-state index contributed by atoms with van der Waals surface area (Å²) < 4.78 is 32.9. The van der Waals surface area contributed by atoms with Crippen LogP contribution in [0.1, 0.15) is 5.56 Å². The molecule has 3 N–H and O–H groups in total. The summed E-state index contributed by atoms with van der Waals surface area (Å²) in [4.78, 5) is 10.6. The molecule has 0 fully saturated rings. The molecule has 11 heteroatoms. The van der Waals surface area contributed by atoms with E-state index in [1.165, 1.54) is 43.7 Å².